The van der Waals surface area contributed by atoms with Crippen LogP contribution >= 0.6 is 11.3 Å². The Morgan fingerprint density at radius 3 is 2.85 bits per heavy atom. The SMILES string of the molecule is Cc1sc(CNC2CC2)cc1COCCN(C)C1CC1. The predicted octanol–water partition coefficient (Wildman–Crippen LogP) is 2.92. The van der Waals surface area contributed by atoms with Gasteiger partial charge in [-0.2, -0.15) is 0 Å². The van der Waals surface area contributed by atoms with Gasteiger partial charge < -0.3 is 15.0 Å². The average molecular weight is 294 g/mol. The summed E-state index contributed by atoms with van der Waals surface area (Å²) in [5.74, 6) is 0. The minimum absolute atomic E-state index is 0.768. The summed E-state index contributed by atoms with van der Waals surface area (Å²) in [6.45, 7) is 5.91. The van der Waals surface area contributed by atoms with Gasteiger partial charge in [0.25, 0.3) is 0 Å². The fraction of sp³-hybridized carbons (Fsp3) is 0.750. The van der Waals surface area contributed by atoms with Crippen molar-refractivity contribution in [2.24, 2.45) is 0 Å². The van der Waals surface area contributed by atoms with E-state index in [2.05, 4.69) is 30.3 Å². The Hall–Kier alpha value is -0.420. The molecule has 20 heavy (non-hydrogen) atoms. The van der Waals surface area contributed by atoms with Gasteiger partial charge in [-0.3, -0.25) is 0 Å². The number of thiophene rings is 1. The minimum atomic E-state index is 0.768. The van der Waals surface area contributed by atoms with Gasteiger partial charge in [-0.15, -0.1) is 11.3 Å². The van der Waals surface area contributed by atoms with Gasteiger partial charge in [-0.05, 0) is 51.3 Å². The first kappa shape index (κ1) is 14.5. The molecule has 1 aromatic heterocycles. The summed E-state index contributed by atoms with van der Waals surface area (Å²) in [6, 6.07) is 3.94. The van der Waals surface area contributed by atoms with E-state index in [1.54, 1.807) is 0 Å². The highest BCUT2D eigenvalue weighted by atomic mass is 32.1. The Bertz CT molecular complexity index is 438. The van der Waals surface area contributed by atoms with E-state index < -0.39 is 0 Å². The second-order valence-corrected chi connectivity index (χ2v) is 7.55. The summed E-state index contributed by atoms with van der Waals surface area (Å²) in [7, 11) is 2.21. The number of hydrogen-bond donors (Lipinski definition) is 1. The van der Waals surface area contributed by atoms with Crippen molar-refractivity contribution in [1.29, 1.82) is 0 Å². The van der Waals surface area contributed by atoms with E-state index in [4.69, 9.17) is 4.74 Å². The Morgan fingerprint density at radius 1 is 1.35 bits per heavy atom. The van der Waals surface area contributed by atoms with E-state index in [-0.39, 0.29) is 0 Å². The van der Waals surface area contributed by atoms with Gasteiger partial charge in [0.15, 0.2) is 0 Å². The zero-order chi connectivity index (χ0) is 13.9. The normalized spacial score (nSPS) is 18.9. The van der Waals surface area contributed by atoms with Crippen molar-refractivity contribution in [3.63, 3.8) is 0 Å². The number of aryl methyl sites for hydroxylation is 1. The molecule has 0 aromatic carbocycles. The van der Waals surface area contributed by atoms with Crippen molar-refractivity contribution in [1.82, 2.24) is 10.2 Å². The maximum Gasteiger partial charge on any atom is 0.0728 e. The summed E-state index contributed by atoms with van der Waals surface area (Å²) in [6.07, 6.45) is 5.46. The van der Waals surface area contributed by atoms with Crippen LogP contribution in [0.1, 0.15) is 41.0 Å². The molecule has 3 rings (SSSR count). The topological polar surface area (TPSA) is 24.5 Å². The van der Waals surface area contributed by atoms with Gasteiger partial charge >= 0.3 is 0 Å². The number of likely N-dealkylation sites (N-methyl/N-ethyl adjacent to an activating group) is 1. The molecule has 2 aliphatic rings. The third-order valence-corrected chi connectivity index (χ3v) is 5.32. The van der Waals surface area contributed by atoms with Crippen LogP contribution in [-0.4, -0.2) is 37.2 Å². The highest BCUT2D eigenvalue weighted by Crippen LogP contribution is 2.26. The highest BCUT2D eigenvalue weighted by Gasteiger charge is 2.25. The van der Waals surface area contributed by atoms with Crippen molar-refractivity contribution >= 4 is 11.3 Å². The lowest BCUT2D eigenvalue weighted by Crippen LogP contribution is -2.25. The molecule has 2 aliphatic carbocycles. The molecule has 0 atom stereocenters. The standard InChI is InChI=1S/C16H26N2OS/c1-12-13(9-16(20-12)10-17-14-3-4-14)11-19-8-7-18(2)15-5-6-15/h9,14-15,17H,3-8,10-11H2,1-2H3. The van der Waals surface area contributed by atoms with Crippen LogP contribution < -0.4 is 5.32 Å². The van der Waals surface area contributed by atoms with Gasteiger partial charge in [0.05, 0.1) is 13.2 Å². The lowest BCUT2D eigenvalue weighted by Gasteiger charge is -2.15. The molecule has 2 saturated carbocycles. The number of nitrogens with one attached hydrogen (secondary N) is 1. The lowest BCUT2D eigenvalue weighted by atomic mass is 10.2. The molecule has 0 bridgehead atoms. The van der Waals surface area contributed by atoms with Crippen LogP contribution in [0, 0.1) is 6.92 Å². The third-order valence-electron chi connectivity index (χ3n) is 4.23. The fourth-order valence-corrected chi connectivity index (χ4v) is 3.44. The molecule has 0 saturated heterocycles. The predicted molar refractivity (Wildman–Crippen MR) is 84.2 cm³/mol. The van der Waals surface area contributed by atoms with Crippen molar-refractivity contribution in [3.05, 3.63) is 21.4 Å². The molecule has 3 nitrogen and oxygen atoms in total. The number of rotatable bonds is 9. The first-order chi connectivity index (χ1) is 9.72. The van der Waals surface area contributed by atoms with Crippen molar-refractivity contribution in [3.8, 4) is 0 Å². The Morgan fingerprint density at radius 2 is 2.15 bits per heavy atom. The summed E-state index contributed by atoms with van der Waals surface area (Å²) in [5, 5.41) is 3.58. The molecular formula is C16H26N2OS. The van der Waals surface area contributed by atoms with Gasteiger partial charge in [0, 0.05) is 34.9 Å². The van der Waals surface area contributed by atoms with Gasteiger partial charge in [-0.25, -0.2) is 0 Å². The van der Waals surface area contributed by atoms with Gasteiger partial charge in [-0.1, -0.05) is 0 Å². The van der Waals surface area contributed by atoms with E-state index in [9.17, 15) is 0 Å². The molecule has 0 aliphatic heterocycles. The molecule has 0 amide bonds. The van der Waals surface area contributed by atoms with Crippen LogP contribution in [0.2, 0.25) is 0 Å². The molecular weight excluding hydrogens is 268 g/mol. The van der Waals surface area contributed by atoms with Crippen LogP contribution in [0.5, 0.6) is 0 Å². The van der Waals surface area contributed by atoms with E-state index in [0.717, 1.165) is 38.4 Å². The monoisotopic (exact) mass is 294 g/mol. The molecule has 1 aromatic rings. The number of nitrogens with zero attached hydrogens (tertiary/aromatic N) is 1. The molecule has 1 heterocycles. The molecule has 0 spiro atoms. The quantitative estimate of drug-likeness (QED) is 0.709. The average Bonchev–Trinajstić information content (AvgIpc) is 3.32. The molecule has 112 valence electrons. The first-order valence-corrected chi connectivity index (χ1v) is 8.63. The van der Waals surface area contributed by atoms with Crippen molar-refractivity contribution in [2.45, 2.75) is 57.8 Å². The van der Waals surface area contributed by atoms with Crippen LogP contribution in [0.15, 0.2) is 6.07 Å². The molecule has 4 heteroatoms. The number of ether oxygens (including phenoxy) is 1. The van der Waals surface area contributed by atoms with E-state index >= 15 is 0 Å². The Kier molecular flexibility index (Phi) is 4.76. The van der Waals surface area contributed by atoms with Crippen LogP contribution in [0.4, 0.5) is 0 Å². The highest BCUT2D eigenvalue weighted by molar-refractivity contribution is 7.12. The fourth-order valence-electron chi connectivity index (χ4n) is 2.44. The van der Waals surface area contributed by atoms with Crippen LogP contribution in [-0.2, 0) is 17.9 Å². The smallest absolute Gasteiger partial charge is 0.0728 e. The Balaban J connectivity index is 1.37. The zero-order valence-corrected chi connectivity index (χ0v) is 13.5. The minimum Gasteiger partial charge on any atom is -0.375 e. The maximum atomic E-state index is 5.84. The second-order valence-electron chi connectivity index (χ2n) is 6.21. The second kappa shape index (κ2) is 6.56. The van der Waals surface area contributed by atoms with Gasteiger partial charge in [0.2, 0.25) is 0 Å². The third kappa shape index (κ3) is 4.29. The molecule has 2 fully saturated rings. The van der Waals surface area contributed by atoms with Crippen molar-refractivity contribution < 1.29 is 4.74 Å². The van der Waals surface area contributed by atoms with E-state index in [1.807, 2.05) is 11.3 Å². The molecule has 0 radical (unpaired) electrons. The maximum absolute atomic E-state index is 5.84. The summed E-state index contributed by atoms with van der Waals surface area (Å²) in [5.41, 5.74) is 1.37. The summed E-state index contributed by atoms with van der Waals surface area (Å²) < 4.78 is 5.84. The molecule has 1 N–H and O–H groups in total. The van der Waals surface area contributed by atoms with Crippen LogP contribution in [0.3, 0.4) is 0 Å². The number of hydrogen-bond acceptors (Lipinski definition) is 4. The van der Waals surface area contributed by atoms with E-state index in [1.165, 1.54) is 41.0 Å². The van der Waals surface area contributed by atoms with Gasteiger partial charge in [0.1, 0.15) is 0 Å². The largest absolute Gasteiger partial charge is 0.375 e. The summed E-state index contributed by atoms with van der Waals surface area (Å²) >= 11 is 1.91. The lowest BCUT2D eigenvalue weighted by molar-refractivity contribution is 0.0978. The molecule has 0 unspecified atom stereocenters. The Labute approximate surface area is 126 Å². The van der Waals surface area contributed by atoms with Crippen LogP contribution in [0.25, 0.3) is 0 Å². The first-order valence-electron chi connectivity index (χ1n) is 7.82. The zero-order valence-electron chi connectivity index (χ0n) is 12.7. The van der Waals surface area contributed by atoms with Crippen molar-refractivity contribution in [2.75, 3.05) is 20.2 Å². The summed E-state index contributed by atoms with van der Waals surface area (Å²) in [4.78, 5) is 5.28. The van der Waals surface area contributed by atoms with E-state index in [0.29, 0.717) is 0 Å².